The first-order valence-corrected chi connectivity index (χ1v) is 27.4. The van der Waals surface area contributed by atoms with Crippen molar-refractivity contribution in [2.75, 3.05) is 20.3 Å². The minimum Gasteiger partial charge on any atom is -0.497 e. The van der Waals surface area contributed by atoms with Crippen LogP contribution in [0.1, 0.15) is 288 Å². The van der Waals surface area contributed by atoms with Crippen molar-refractivity contribution in [1.82, 2.24) is 0 Å². The van der Waals surface area contributed by atoms with E-state index in [2.05, 4.69) is 13.8 Å². The lowest BCUT2D eigenvalue weighted by Crippen LogP contribution is -2.06. The fourth-order valence-corrected chi connectivity index (χ4v) is 9.01. The first-order valence-electron chi connectivity index (χ1n) is 27.4. The molecule has 62 heavy (non-hydrogen) atoms. The van der Waals surface area contributed by atoms with Gasteiger partial charge in [0.2, 0.25) is 0 Å². The van der Waals surface area contributed by atoms with Crippen molar-refractivity contribution in [3.8, 4) is 17.2 Å². The van der Waals surface area contributed by atoms with Crippen LogP contribution >= 0.6 is 0 Å². The molecule has 1 unspecified atom stereocenters. The van der Waals surface area contributed by atoms with Gasteiger partial charge in [0.05, 0.1) is 20.3 Å². The Labute approximate surface area is 385 Å². The van der Waals surface area contributed by atoms with Crippen molar-refractivity contribution >= 4 is 0 Å². The summed E-state index contributed by atoms with van der Waals surface area (Å²) >= 11 is 0. The first kappa shape index (κ1) is 55.9. The Morgan fingerprint density at radius 2 is 0.645 bits per heavy atom. The predicted molar refractivity (Wildman–Crippen MR) is 271 cm³/mol. The van der Waals surface area contributed by atoms with Crippen LogP contribution in [0.2, 0.25) is 0 Å². The molecule has 0 amide bonds. The highest BCUT2D eigenvalue weighted by atomic mass is 16.5. The van der Waals surface area contributed by atoms with Gasteiger partial charge in [0.25, 0.3) is 0 Å². The molecule has 0 aromatic heterocycles. The Bertz CT molecular complexity index is 1210. The van der Waals surface area contributed by atoms with Crippen LogP contribution in [0.4, 0.5) is 0 Å². The highest BCUT2D eigenvalue weighted by molar-refractivity contribution is 5.45. The van der Waals surface area contributed by atoms with Gasteiger partial charge in [0.1, 0.15) is 23.4 Å². The van der Waals surface area contributed by atoms with E-state index in [1.165, 1.54) is 244 Å². The molecule has 2 aromatic carbocycles. The number of hydrogen-bond acceptors (Lipinski definition) is 4. The highest BCUT2D eigenvalue weighted by Gasteiger charge is 2.17. The minimum atomic E-state index is -0.774. The number of benzene rings is 2. The van der Waals surface area contributed by atoms with Gasteiger partial charge in [0.15, 0.2) is 0 Å². The molecule has 0 spiro atoms. The zero-order valence-corrected chi connectivity index (χ0v) is 41.5. The second kappa shape index (κ2) is 42.7. The fourth-order valence-electron chi connectivity index (χ4n) is 9.01. The summed E-state index contributed by atoms with van der Waals surface area (Å²) < 4.78 is 18.0. The monoisotopic (exact) mass is 863 g/mol. The van der Waals surface area contributed by atoms with Crippen LogP contribution in [0.3, 0.4) is 0 Å². The number of aliphatic hydroxyl groups is 1. The highest BCUT2D eigenvalue weighted by Crippen LogP contribution is 2.34. The van der Waals surface area contributed by atoms with Gasteiger partial charge < -0.3 is 19.3 Å². The molecule has 2 rings (SSSR count). The lowest BCUT2D eigenvalue weighted by atomic mass is 10.0. The number of rotatable bonds is 47. The van der Waals surface area contributed by atoms with Crippen molar-refractivity contribution in [2.45, 2.75) is 277 Å². The third kappa shape index (κ3) is 31.6. The van der Waals surface area contributed by atoms with E-state index < -0.39 is 6.10 Å². The summed E-state index contributed by atoms with van der Waals surface area (Å²) in [5.41, 5.74) is 1.61. The van der Waals surface area contributed by atoms with Crippen molar-refractivity contribution in [3.63, 3.8) is 0 Å². The SMILES string of the molecule is CCCCCCCCCCCCCCCCCCCCCCOc1ccc(C(O)c2ccc(OC)cc2)c(OCCCCCCCCCCCCCCCCCCCCCC)c1. The van der Waals surface area contributed by atoms with Gasteiger partial charge in [-0.3, -0.25) is 0 Å². The van der Waals surface area contributed by atoms with Crippen LogP contribution in [-0.2, 0) is 0 Å². The smallest absolute Gasteiger partial charge is 0.129 e. The predicted octanol–water partition coefficient (Wildman–Crippen LogP) is 19.2. The number of methoxy groups -OCH3 is 1. The molecule has 0 bridgehead atoms. The van der Waals surface area contributed by atoms with E-state index in [1.807, 2.05) is 42.5 Å². The van der Waals surface area contributed by atoms with E-state index in [0.717, 1.165) is 47.8 Å². The van der Waals surface area contributed by atoms with Crippen LogP contribution in [0.5, 0.6) is 17.2 Å². The van der Waals surface area contributed by atoms with Crippen molar-refractivity contribution < 1.29 is 19.3 Å². The van der Waals surface area contributed by atoms with E-state index in [-0.39, 0.29) is 0 Å². The van der Waals surface area contributed by atoms with E-state index >= 15 is 0 Å². The second-order valence-electron chi connectivity index (χ2n) is 19.0. The number of unbranched alkanes of at least 4 members (excludes halogenated alkanes) is 38. The van der Waals surface area contributed by atoms with Gasteiger partial charge in [-0.1, -0.05) is 270 Å². The van der Waals surface area contributed by atoms with Crippen molar-refractivity contribution in [1.29, 1.82) is 0 Å². The Morgan fingerprint density at radius 1 is 0.355 bits per heavy atom. The summed E-state index contributed by atoms with van der Waals surface area (Å²) in [6.45, 7) is 5.98. The average Bonchev–Trinajstić information content (AvgIpc) is 3.29. The lowest BCUT2D eigenvalue weighted by molar-refractivity contribution is 0.209. The summed E-state index contributed by atoms with van der Waals surface area (Å²) in [4.78, 5) is 0. The summed E-state index contributed by atoms with van der Waals surface area (Å²) in [5.74, 6) is 2.34. The lowest BCUT2D eigenvalue weighted by Gasteiger charge is -2.18. The first-order chi connectivity index (χ1) is 30.7. The molecule has 0 aliphatic rings. The van der Waals surface area contributed by atoms with E-state index in [4.69, 9.17) is 14.2 Å². The largest absolute Gasteiger partial charge is 0.497 e. The number of aliphatic hydroxyl groups excluding tert-OH is 1. The molecule has 2 aromatic rings. The molecule has 1 atom stereocenters. The van der Waals surface area contributed by atoms with Crippen LogP contribution in [0, 0.1) is 0 Å². The molecule has 4 nitrogen and oxygen atoms in total. The van der Waals surface area contributed by atoms with E-state index in [0.29, 0.717) is 6.61 Å². The standard InChI is InChI=1S/C58H102O4/c1-4-6-8-10-12-14-16-18-20-22-24-26-28-30-32-34-36-38-40-42-50-61-55-48-49-56(58(59)53-44-46-54(60-3)47-45-53)57(52-55)62-51-43-41-39-37-35-33-31-29-27-25-23-21-19-17-15-13-11-9-7-5-2/h44-49,52,58-59H,4-43,50-51H2,1-3H3. The van der Waals surface area contributed by atoms with Crippen LogP contribution in [0.15, 0.2) is 42.5 Å². The third-order valence-electron chi connectivity index (χ3n) is 13.2. The van der Waals surface area contributed by atoms with Crippen molar-refractivity contribution in [3.05, 3.63) is 53.6 Å². The van der Waals surface area contributed by atoms with Crippen LogP contribution in [0.25, 0.3) is 0 Å². The van der Waals surface area contributed by atoms with E-state index in [9.17, 15) is 5.11 Å². The summed E-state index contributed by atoms with van der Waals surface area (Å²) in [5, 5.41) is 11.4. The maximum absolute atomic E-state index is 11.4. The Balaban J connectivity index is 1.54. The molecule has 0 aliphatic carbocycles. The molecule has 0 saturated carbocycles. The zero-order chi connectivity index (χ0) is 44.2. The third-order valence-corrected chi connectivity index (χ3v) is 13.2. The maximum Gasteiger partial charge on any atom is 0.129 e. The minimum absolute atomic E-state index is 0.657. The molecule has 0 aliphatic heterocycles. The number of ether oxygens (including phenoxy) is 3. The molecule has 0 radical (unpaired) electrons. The van der Waals surface area contributed by atoms with Gasteiger partial charge in [-0.15, -0.1) is 0 Å². The maximum atomic E-state index is 11.4. The Morgan fingerprint density at radius 3 is 0.968 bits per heavy atom. The second-order valence-corrected chi connectivity index (χ2v) is 19.0. The molecule has 0 saturated heterocycles. The fraction of sp³-hybridized carbons (Fsp3) is 0.793. The van der Waals surface area contributed by atoms with Crippen LogP contribution in [-0.4, -0.2) is 25.4 Å². The Hall–Kier alpha value is -2.20. The number of hydrogen-bond donors (Lipinski definition) is 1. The molecule has 358 valence electrons. The summed E-state index contributed by atoms with van der Waals surface area (Å²) in [6, 6.07) is 13.6. The topological polar surface area (TPSA) is 47.9 Å². The van der Waals surface area contributed by atoms with Crippen molar-refractivity contribution in [2.24, 2.45) is 0 Å². The zero-order valence-electron chi connectivity index (χ0n) is 41.5. The summed E-state index contributed by atoms with van der Waals surface area (Å²) in [6.07, 6.45) is 54.6. The van der Waals surface area contributed by atoms with Gasteiger partial charge >= 0.3 is 0 Å². The van der Waals surface area contributed by atoms with Gasteiger partial charge in [0, 0.05) is 11.6 Å². The summed E-state index contributed by atoms with van der Waals surface area (Å²) in [7, 11) is 1.67. The molecule has 4 heteroatoms. The quantitative estimate of drug-likeness (QED) is 0.0674. The molecule has 0 fully saturated rings. The molecule has 1 N–H and O–H groups in total. The Kier molecular flexibility index (Phi) is 38.6. The normalized spacial score (nSPS) is 11.9. The molecular formula is C58H102O4. The van der Waals surface area contributed by atoms with Gasteiger partial charge in [-0.25, -0.2) is 0 Å². The molecule has 0 heterocycles. The van der Waals surface area contributed by atoms with Gasteiger partial charge in [-0.2, -0.15) is 0 Å². The molecular weight excluding hydrogens is 761 g/mol. The van der Waals surface area contributed by atoms with E-state index in [1.54, 1.807) is 7.11 Å². The van der Waals surface area contributed by atoms with Gasteiger partial charge in [-0.05, 0) is 42.7 Å². The average molecular weight is 863 g/mol. The van der Waals surface area contributed by atoms with Crippen LogP contribution < -0.4 is 14.2 Å².